The SMILES string of the molecule is CC(C)N(CC(=O)[C@@H]1CCCN1C(=O)OC(C)(C)C)C(=O)Oc1ccccc1. The molecule has 154 valence electrons. The van der Waals surface area contributed by atoms with Crippen LogP contribution in [-0.2, 0) is 9.53 Å². The first-order chi connectivity index (χ1) is 13.1. The maximum Gasteiger partial charge on any atom is 0.415 e. The number of ketones is 1. The highest BCUT2D eigenvalue weighted by molar-refractivity contribution is 5.91. The zero-order valence-corrected chi connectivity index (χ0v) is 17.3. The van der Waals surface area contributed by atoms with Gasteiger partial charge in [-0.1, -0.05) is 18.2 Å². The molecule has 7 heteroatoms. The van der Waals surface area contributed by atoms with E-state index in [1.807, 2.05) is 19.9 Å². The minimum atomic E-state index is -0.628. The number of hydrogen-bond donors (Lipinski definition) is 0. The molecule has 1 atom stereocenters. The van der Waals surface area contributed by atoms with E-state index in [4.69, 9.17) is 9.47 Å². The van der Waals surface area contributed by atoms with E-state index in [2.05, 4.69) is 0 Å². The monoisotopic (exact) mass is 390 g/mol. The third kappa shape index (κ3) is 5.97. The fourth-order valence-corrected chi connectivity index (χ4v) is 3.02. The Morgan fingerprint density at radius 3 is 2.39 bits per heavy atom. The predicted molar refractivity (Wildman–Crippen MR) is 105 cm³/mol. The number of nitrogens with zero attached hydrogens (tertiary/aromatic N) is 2. The lowest BCUT2D eigenvalue weighted by molar-refractivity contribution is -0.124. The van der Waals surface area contributed by atoms with Gasteiger partial charge in [0.15, 0.2) is 5.78 Å². The van der Waals surface area contributed by atoms with Crippen LogP contribution >= 0.6 is 0 Å². The molecule has 2 rings (SSSR count). The van der Waals surface area contributed by atoms with Crippen molar-refractivity contribution in [1.29, 1.82) is 0 Å². The lowest BCUT2D eigenvalue weighted by Gasteiger charge is -2.30. The first-order valence-corrected chi connectivity index (χ1v) is 9.64. The van der Waals surface area contributed by atoms with Crippen molar-refractivity contribution in [3.63, 3.8) is 0 Å². The fraction of sp³-hybridized carbons (Fsp3) is 0.571. The van der Waals surface area contributed by atoms with E-state index >= 15 is 0 Å². The maximum absolute atomic E-state index is 12.9. The Kier molecular flexibility index (Phi) is 7.05. The molecule has 2 amide bonds. The third-order valence-corrected chi connectivity index (χ3v) is 4.38. The summed E-state index contributed by atoms with van der Waals surface area (Å²) in [4.78, 5) is 40.7. The molecule has 1 fully saturated rings. The Labute approximate surface area is 166 Å². The quantitative estimate of drug-likeness (QED) is 0.763. The molecule has 0 bridgehead atoms. The van der Waals surface area contributed by atoms with Crippen LogP contribution in [0.3, 0.4) is 0 Å². The number of Topliss-reactive ketones (excluding diaryl/α,β-unsaturated/α-hetero) is 1. The summed E-state index contributed by atoms with van der Waals surface area (Å²) in [6, 6.07) is 7.91. The van der Waals surface area contributed by atoms with Crippen molar-refractivity contribution in [3.05, 3.63) is 30.3 Å². The first-order valence-electron chi connectivity index (χ1n) is 9.64. The van der Waals surface area contributed by atoms with Gasteiger partial charge in [0, 0.05) is 12.6 Å². The summed E-state index contributed by atoms with van der Waals surface area (Å²) in [5.74, 6) is 0.226. The molecular weight excluding hydrogens is 360 g/mol. The number of para-hydroxylation sites is 1. The van der Waals surface area contributed by atoms with Crippen LogP contribution in [0.4, 0.5) is 9.59 Å². The topological polar surface area (TPSA) is 76.2 Å². The number of hydrogen-bond acceptors (Lipinski definition) is 5. The number of amides is 2. The van der Waals surface area contributed by atoms with Crippen LogP contribution in [-0.4, -0.2) is 58.5 Å². The van der Waals surface area contributed by atoms with Crippen LogP contribution in [0.5, 0.6) is 5.75 Å². The van der Waals surface area contributed by atoms with E-state index in [0.717, 1.165) is 6.42 Å². The van der Waals surface area contributed by atoms with Crippen molar-refractivity contribution >= 4 is 18.0 Å². The summed E-state index contributed by atoms with van der Waals surface area (Å²) in [6.45, 7) is 9.36. The molecule has 1 aromatic rings. The largest absolute Gasteiger partial charge is 0.444 e. The Balaban J connectivity index is 2.04. The van der Waals surface area contributed by atoms with Crippen LogP contribution in [0.2, 0.25) is 0 Å². The Hall–Kier alpha value is -2.57. The lowest BCUT2D eigenvalue weighted by Crippen LogP contribution is -2.49. The molecule has 1 saturated heterocycles. The number of rotatable bonds is 5. The molecule has 0 saturated carbocycles. The summed E-state index contributed by atoms with van der Waals surface area (Å²) < 4.78 is 10.8. The van der Waals surface area contributed by atoms with E-state index in [0.29, 0.717) is 18.7 Å². The summed E-state index contributed by atoms with van der Waals surface area (Å²) in [7, 11) is 0. The highest BCUT2D eigenvalue weighted by Crippen LogP contribution is 2.22. The molecule has 0 N–H and O–H groups in total. The summed E-state index contributed by atoms with van der Waals surface area (Å²) in [5, 5.41) is 0. The van der Waals surface area contributed by atoms with Gasteiger partial charge in [-0.3, -0.25) is 14.6 Å². The molecule has 1 aromatic carbocycles. The number of benzene rings is 1. The molecule has 0 spiro atoms. The minimum Gasteiger partial charge on any atom is -0.444 e. The van der Waals surface area contributed by atoms with Crippen molar-refractivity contribution in [1.82, 2.24) is 9.80 Å². The van der Waals surface area contributed by atoms with Crippen LogP contribution < -0.4 is 4.74 Å². The Bertz CT molecular complexity index is 696. The lowest BCUT2D eigenvalue weighted by atomic mass is 10.1. The standard InChI is InChI=1S/C21H30N2O5/c1-15(2)23(19(25)27-16-10-7-6-8-11-16)14-18(24)17-12-9-13-22(17)20(26)28-21(3,4)5/h6-8,10-11,15,17H,9,12-14H2,1-5H3/t17-/m0/s1. The second kappa shape index (κ2) is 9.08. The third-order valence-electron chi connectivity index (χ3n) is 4.38. The number of likely N-dealkylation sites (tertiary alicyclic amines) is 1. The van der Waals surface area contributed by atoms with Crippen molar-refractivity contribution in [2.45, 2.75) is 65.1 Å². The second-order valence-electron chi connectivity index (χ2n) is 8.20. The Morgan fingerprint density at radius 1 is 1.18 bits per heavy atom. The average Bonchev–Trinajstić information content (AvgIpc) is 3.08. The first kappa shape index (κ1) is 21.7. The molecule has 0 aromatic heterocycles. The van der Waals surface area contributed by atoms with Crippen molar-refractivity contribution in [3.8, 4) is 5.75 Å². The zero-order chi connectivity index (χ0) is 20.9. The molecule has 1 heterocycles. The van der Waals surface area contributed by atoms with E-state index in [1.165, 1.54) is 9.80 Å². The van der Waals surface area contributed by atoms with Gasteiger partial charge in [-0.2, -0.15) is 0 Å². The van der Waals surface area contributed by atoms with Gasteiger partial charge in [0.05, 0.1) is 12.6 Å². The summed E-state index contributed by atoms with van der Waals surface area (Å²) in [6.07, 6.45) is 0.214. The maximum atomic E-state index is 12.9. The van der Waals surface area contributed by atoms with Gasteiger partial charge in [-0.25, -0.2) is 9.59 Å². The molecule has 7 nitrogen and oxygen atoms in total. The molecule has 0 radical (unpaired) electrons. The Morgan fingerprint density at radius 2 is 1.82 bits per heavy atom. The number of ether oxygens (including phenoxy) is 2. The number of carbonyl (C=O) groups excluding carboxylic acids is 3. The van der Waals surface area contributed by atoms with Crippen LogP contribution in [0, 0.1) is 0 Å². The van der Waals surface area contributed by atoms with E-state index in [1.54, 1.807) is 45.0 Å². The molecule has 1 aliphatic rings. The highest BCUT2D eigenvalue weighted by Gasteiger charge is 2.37. The minimum absolute atomic E-state index is 0.118. The zero-order valence-electron chi connectivity index (χ0n) is 17.3. The normalized spacial score (nSPS) is 16.8. The molecule has 0 aliphatic carbocycles. The number of carbonyl (C=O) groups is 3. The van der Waals surface area contributed by atoms with Gasteiger partial charge in [-0.05, 0) is 59.6 Å². The molecule has 0 unspecified atom stereocenters. The molecule has 28 heavy (non-hydrogen) atoms. The summed E-state index contributed by atoms with van der Waals surface area (Å²) in [5.41, 5.74) is -0.628. The fourth-order valence-electron chi connectivity index (χ4n) is 3.02. The van der Waals surface area contributed by atoms with Gasteiger partial charge < -0.3 is 9.47 Å². The van der Waals surface area contributed by atoms with E-state index < -0.39 is 23.8 Å². The molecular formula is C21H30N2O5. The van der Waals surface area contributed by atoms with Crippen LogP contribution in [0.15, 0.2) is 30.3 Å². The van der Waals surface area contributed by atoms with Crippen molar-refractivity contribution < 1.29 is 23.9 Å². The van der Waals surface area contributed by atoms with Gasteiger partial charge >= 0.3 is 12.2 Å². The van der Waals surface area contributed by atoms with E-state index in [9.17, 15) is 14.4 Å². The van der Waals surface area contributed by atoms with Crippen molar-refractivity contribution in [2.75, 3.05) is 13.1 Å². The average molecular weight is 390 g/mol. The summed E-state index contributed by atoms with van der Waals surface area (Å²) >= 11 is 0. The molecule has 1 aliphatic heterocycles. The van der Waals surface area contributed by atoms with Gasteiger partial charge in [0.1, 0.15) is 11.4 Å². The highest BCUT2D eigenvalue weighted by atomic mass is 16.6. The second-order valence-corrected chi connectivity index (χ2v) is 8.20. The predicted octanol–water partition coefficient (Wildman–Crippen LogP) is 3.86. The smallest absolute Gasteiger partial charge is 0.415 e. The van der Waals surface area contributed by atoms with Gasteiger partial charge in [0.25, 0.3) is 0 Å². The van der Waals surface area contributed by atoms with Crippen LogP contribution in [0.25, 0.3) is 0 Å². The van der Waals surface area contributed by atoms with Gasteiger partial charge in [0.2, 0.25) is 0 Å². The van der Waals surface area contributed by atoms with Crippen molar-refractivity contribution in [2.24, 2.45) is 0 Å². The van der Waals surface area contributed by atoms with Gasteiger partial charge in [-0.15, -0.1) is 0 Å². The van der Waals surface area contributed by atoms with Crippen LogP contribution in [0.1, 0.15) is 47.5 Å². The van der Waals surface area contributed by atoms with E-state index in [-0.39, 0.29) is 18.4 Å².